The minimum atomic E-state index is 0.474. The fraction of sp³-hybridized carbons (Fsp3) is 1.00. The molecular formula is C16H32N2O. The molecule has 2 rings (SSSR count). The minimum Gasteiger partial charge on any atom is -0.377 e. The van der Waals surface area contributed by atoms with Crippen LogP contribution in [0.1, 0.15) is 58.3 Å². The lowest BCUT2D eigenvalue weighted by Crippen LogP contribution is -2.54. The maximum Gasteiger partial charge on any atom is 0.0702 e. The maximum atomic E-state index is 5.87. The first-order valence-electron chi connectivity index (χ1n) is 8.38. The van der Waals surface area contributed by atoms with Gasteiger partial charge in [-0.3, -0.25) is 4.90 Å². The van der Waals surface area contributed by atoms with Crippen LogP contribution in [0.4, 0.5) is 0 Å². The number of hydrogen-bond acceptors (Lipinski definition) is 3. The molecule has 19 heavy (non-hydrogen) atoms. The molecule has 3 atom stereocenters. The van der Waals surface area contributed by atoms with Gasteiger partial charge in [0.1, 0.15) is 0 Å². The summed E-state index contributed by atoms with van der Waals surface area (Å²) in [6, 6.07) is 1.41. The normalized spacial score (nSPS) is 34.7. The quantitative estimate of drug-likeness (QED) is 0.848. The van der Waals surface area contributed by atoms with E-state index in [9.17, 15) is 0 Å². The smallest absolute Gasteiger partial charge is 0.0702 e. The third kappa shape index (κ3) is 4.44. The summed E-state index contributed by atoms with van der Waals surface area (Å²) in [5, 5.41) is 3.58. The third-order valence-electron chi connectivity index (χ3n) is 4.88. The molecule has 0 radical (unpaired) electrons. The van der Waals surface area contributed by atoms with Gasteiger partial charge in [0.2, 0.25) is 0 Å². The van der Waals surface area contributed by atoms with Gasteiger partial charge >= 0.3 is 0 Å². The van der Waals surface area contributed by atoms with E-state index in [0.29, 0.717) is 12.1 Å². The predicted octanol–water partition coefficient (Wildman–Crippen LogP) is 2.80. The first-order valence-corrected chi connectivity index (χ1v) is 8.38. The summed E-state index contributed by atoms with van der Waals surface area (Å²) in [6.07, 6.45) is 11.4. The van der Waals surface area contributed by atoms with Gasteiger partial charge < -0.3 is 10.1 Å². The van der Waals surface area contributed by atoms with Crippen molar-refractivity contribution >= 4 is 0 Å². The lowest BCUT2D eigenvalue weighted by Gasteiger charge is -2.42. The molecule has 1 heterocycles. The van der Waals surface area contributed by atoms with Crippen LogP contribution in [0, 0.1) is 0 Å². The van der Waals surface area contributed by atoms with E-state index in [2.05, 4.69) is 24.2 Å². The third-order valence-corrected chi connectivity index (χ3v) is 4.88. The molecule has 0 bridgehead atoms. The average molecular weight is 268 g/mol. The number of nitrogens with zero attached hydrogens (tertiary/aromatic N) is 1. The number of piperidine rings is 1. The Morgan fingerprint density at radius 2 is 1.84 bits per heavy atom. The van der Waals surface area contributed by atoms with E-state index in [1.165, 1.54) is 57.9 Å². The monoisotopic (exact) mass is 268 g/mol. The van der Waals surface area contributed by atoms with Crippen LogP contribution in [0.5, 0.6) is 0 Å². The fourth-order valence-electron chi connectivity index (χ4n) is 3.88. The summed E-state index contributed by atoms with van der Waals surface area (Å²) in [5.74, 6) is 0. The van der Waals surface area contributed by atoms with Crippen LogP contribution >= 0.6 is 0 Å². The topological polar surface area (TPSA) is 24.5 Å². The summed E-state index contributed by atoms with van der Waals surface area (Å²) in [5.41, 5.74) is 0. The van der Waals surface area contributed by atoms with E-state index in [4.69, 9.17) is 4.74 Å². The van der Waals surface area contributed by atoms with Crippen LogP contribution in [0.3, 0.4) is 0 Å². The van der Waals surface area contributed by atoms with Gasteiger partial charge in [0.05, 0.1) is 6.10 Å². The molecule has 0 amide bonds. The molecule has 2 fully saturated rings. The van der Waals surface area contributed by atoms with Crippen LogP contribution < -0.4 is 5.32 Å². The van der Waals surface area contributed by atoms with Crippen molar-refractivity contribution in [3.8, 4) is 0 Å². The van der Waals surface area contributed by atoms with Crippen molar-refractivity contribution in [3.05, 3.63) is 0 Å². The van der Waals surface area contributed by atoms with E-state index in [1.807, 2.05) is 0 Å². The number of nitrogens with one attached hydrogen (secondary N) is 1. The molecule has 0 aromatic rings. The average Bonchev–Trinajstić information content (AvgIpc) is 2.39. The van der Waals surface area contributed by atoms with E-state index < -0.39 is 0 Å². The molecule has 1 saturated heterocycles. The second-order valence-corrected chi connectivity index (χ2v) is 6.17. The number of ether oxygens (including phenoxy) is 1. The standard InChI is InChI=1S/C16H32N2O/c1-3-19-14-9-8-12-18(13-14)16-11-7-5-4-6-10-15(16)17-2/h14-17H,3-13H2,1-2H3. The van der Waals surface area contributed by atoms with E-state index in [0.717, 1.165) is 19.2 Å². The van der Waals surface area contributed by atoms with Crippen LogP contribution in [0.15, 0.2) is 0 Å². The van der Waals surface area contributed by atoms with Crippen molar-refractivity contribution in [2.75, 3.05) is 26.7 Å². The first-order chi connectivity index (χ1) is 9.35. The molecule has 1 saturated carbocycles. The second kappa shape index (κ2) is 8.23. The summed E-state index contributed by atoms with van der Waals surface area (Å²) in [4.78, 5) is 2.72. The van der Waals surface area contributed by atoms with Crippen molar-refractivity contribution < 1.29 is 4.74 Å². The lowest BCUT2D eigenvalue weighted by atomic mass is 9.90. The number of rotatable bonds is 4. The van der Waals surface area contributed by atoms with Crippen molar-refractivity contribution in [1.29, 1.82) is 0 Å². The zero-order chi connectivity index (χ0) is 13.5. The van der Waals surface area contributed by atoms with Gasteiger partial charge in [-0.2, -0.15) is 0 Å². The van der Waals surface area contributed by atoms with Crippen molar-refractivity contribution in [1.82, 2.24) is 10.2 Å². The van der Waals surface area contributed by atoms with Gasteiger partial charge in [-0.1, -0.05) is 25.7 Å². The molecule has 3 heteroatoms. The maximum absolute atomic E-state index is 5.87. The Balaban J connectivity index is 1.94. The summed E-state index contributed by atoms with van der Waals surface area (Å²) < 4.78 is 5.87. The fourth-order valence-corrected chi connectivity index (χ4v) is 3.88. The highest BCUT2D eigenvalue weighted by Gasteiger charge is 2.31. The van der Waals surface area contributed by atoms with E-state index in [1.54, 1.807) is 0 Å². The zero-order valence-electron chi connectivity index (χ0n) is 12.9. The Labute approximate surface area is 119 Å². The van der Waals surface area contributed by atoms with Gasteiger partial charge in [-0.15, -0.1) is 0 Å². The Morgan fingerprint density at radius 1 is 1.05 bits per heavy atom. The molecule has 1 aliphatic heterocycles. The van der Waals surface area contributed by atoms with Crippen LogP contribution in [0.25, 0.3) is 0 Å². The predicted molar refractivity (Wildman–Crippen MR) is 80.6 cm³/mol. The number of likely N-dealkylation sites (tertiary alicyclic amines) is 1. The molecule has 0 spiro atoms. The second-order valence-electron chi connectivity index (χ2n) is 6.17. The number of hydrogen-bond donors (Lipinski definition) is 1. The Bertz CT molecular complexity index is 245. The largest absolute Gasteiger partial charge is 0.377 e. The van der Waals surface area contributed by atoms with Gasteiger partial charge in [0, 0.05) is 25.2 Å². The molecule has 0 aromatic carbocycles. The Morgan fingerprint density at radius 3 is 2.58 bits per heavy atom. The molecule has 3 unspecified atom stereocenters. The van der Waals surface area contributed by atoms with Crippen molar-refractivity contribution in [2.24, 2.45) is 0 Å². The molecule has 3 nitrogen and oxygen atoms in total. The van der Waals surface area contributed by atoms with Crippen LogP contribution in [-0.2, 0) is 4.74 Å². The highest BCUT2D eigenvalue weighted by Crippen LogP contribution is 2.25. The van der Waals surface area contributed by atoms with Crippen LogP contribution in [-0.4, -0.2) is 49.8 Å². The van der Waals surface area contributed by atoms with Crippen LogP contribution in [0.2, 0.25) is 0 Å². The summed E-state index contributed by atoms with van der Waals surface area (Å²) >= 11 is 0. The van der Waals surface area contributed by atoms with E-state index in [-0.39, 0.29) is 0 Å². The highest BCUT2D eigenvalue weighted by atomic mass is 16.5. The molecule has 0 aromatic heterocycles. The molecule has 1 N–H and O–H groups in total. The van der Waals surface area contributed by atoms with Crippen molar-refractivity contribution in [3.63, 3.8) is 0 Å². The molecule has 112 valence electrons. The van der Waals surface area contributed by atoms with Gasteiger partial charge in [-0.25, -0.2) is 0 Å². The van der Waals surface area contributed by atoms with Crippen molar-refractivity contribution in [2.45, 2.75) is 76.5 Å². The summed E-state index contributed by atoms with van der Waals surface area (Å²) in [7, 11) is 2.14. The highest BCUT2D eigenvalue weighted by molar-refractivity contribution is 4.88. The molecule has 1 aliphatic carbocycles. The first kappa shape index (κ1) is 15.3. The zero-order valence-corrected chi connectivity index (χ0v) is 12.9. The molecular weight excluding hydrogens is 236 g/mol. The molecule has 2 aliphatic rings. The summed E-state index contributed by atoms with van der Waals surface area (Å²) in [6.45, 7) is 5.40. The SMILES string of the molecule is CCOC1CCCN(C2CCCCCCC2NC)C1. The Kier molecular flexibility index (Phi) is 6.62. The van der Waals surface area contributed by atoms with Gasteiger partial charge in [-0.05, 0) is 46.2 Å². The van der Waals surface area contributed by atoms with Gasteiger partial charge in [0.15, 0.2) is 0 Å². The number of likely N-dealkylation sites (N-methyl/N-ethyl adjacent to an activating group) is 1. The lowest BCUT2D eigenvalue weighted by molar-refractivity contribution is -0.0154. The van der Waals surface area contributed by atoms with E-state index >= 15 is 0 Å². The Hall–Kier alpha value is -0.120. The minimum absolute atomic E-state index is 0.474. The van der Waals surface area contributed by atoms with Gasteiger partial charge in [0.25, 0.3) is 0 Å².